The quantitative estimate of drug-likeness (QED) is 0.859. The maximum Gasteiger partial charge on any atom is 0.244 e. The fourth-order valence-corrected chi connectivity index (χ4v) is 2.39. The van der Waals surface area contributed by atoms with Crippen LogP contribution in [-0.2, 0) is 16.1 Å². The Bertz CT molecular complexity index is 451. The van der Waals surface area contributed by atoms with E-state index < -0.39 is 0 Å². The van der Waals surface area contributed by atoms with E-state index in [-0.39, 0.29) is 30.7 Å². The van der Waals surface area contributed by atoms with E-state index in [2.05, 4.69) is 10.3 Å². The van der Waals surface area contributed by atoms with E-state index in [0.717, 1.165) is 12.1 Å². The van der Waals surface area contributed by atoms with Crippen LogP contribution in [0.3, 0.4) is 0 Å². The second kappa shape index (κ2) is 6.32. The summed E-state index contributed by atoms with van der Waals surface area (Å²) in [4.78, 5) is 14.1. The van der Waals surface area contributed by atoms with Gasteiger partial charge in [0.15, 0.2) is 0 Å². The molecule has 1 saturated heterocycles. The maximum atomic E-state index is 12.3. The number of carbonyl (C=O) groups is 1. The SMILES string of the molecule is CCC(N)c1cn(CC(=O)N2CC(C)OC(C)C2)nn1. The number of ether oxygens (including phenoxy) is 1. The molecule has 3 unspecified atom stereocenters. The van der Waals surface area contributed by atoms with Crippen LogP contribution in [0.15, 0.2) is 6.20 Å². The van der Waals surface area contributed by atoms with Crippen molar-refractivity contribution in [2.75, 3.05) is 13.1 Å². The minimum Gasteiger partial charge on any atom is -0.372 e. The third kappa shape index (κ3) is 3.55. The van der Waals surface area contributed by atoms with E-state index in [0.29, 0.717) is 13.1 Å². The van der Waals surface area contributed by atoms with Crippen molar-refractivity contribution >= 4 is 5.91 Å². The van der Waals surface area contributed by atoms with E-state index in [1.54, 1.807) is 10.9 Å². The minimum atomic E-state index is -0.123. The smallest absolute Gasteiger partial charge is 0.244 e. The van der Waals surface area contributed by atoms with Crippen molar-refractivity contribution in [1.29, 1.82) is 0 Å². The van der Waals surface area contributed by atoms with Crippen molar-refractivity contribution in [3.63, 3.8) is 0 Å². The van der Waals surface area contributed by atoms with Gasteiger partial charge >= 0.3 is 0 Å². The van der Waals surface area contributed by atoms with Crippen LogP contribution in [-0.4, -0.2) is 51.1 Å². The molecular weight excluding hydrogens is 258 g/mol. The lowest BCUT2D eigenvalue weighted by molar-refractivity contribution is -0.144. The molecule has 1 fully saturated rings. The molecule has 0 spiro atoms. The van der Waals surface area contributed by atoms with Gasteiger partial charge in [-0.3, -0.25) is 4.79 Å². The molecule has 2 rings (SSSR count). The predicted octanol–water partition coefficient (Wildman–Crippen LogP) is 0.324. The second-order valence-electron chi connectivity index (χ2n) is 5.41. The molecule has 20 heavy (non-hydrogen) atoms. The van der Waals surface area contributed by atoms with Crippen LogP contribution >= 0.6 is 0 Å². The highest BCUT2D eigenvalue weighted by Gasteiger charge is 2.26. The van der Waals surface area contributed by atoms with Crippen molar-refractivity contribution in [2.45, 2.75) is 52.0 Å². The fraction of sp³-hybridized carbons (Fsp3) is 0.769. The van der Waals surface area contributed by atoms with Gasteiger partial charge in [-0.1, -0.05) is 12.1 Å². The summed E-state index contributed by atoms with van der Waals surface area (Å²) < 4.78 is 7.18. The maximum absolute atomic E-state index is 12.3. The molecule has 1 aliphatic heterocycles. The van der Waals surface area contributed by atoms with Crippen molar-refractivity contribution < 1.29 is 9.53 Å². The van der Waals surface area contributed by atoms with Crippen LogP contribution in [0.1, 0.15) is 38.9 Å². The highest BCUT2D eigenvalue weighted by Crippen LogP contribution is 2.12. The summed E-state index contributed by atoms with van der Waals surface area (Å²) in [5, 5.41) is 7.97. The van der Waals surface area contributed by atoms with Crippen molar-refractivity contribution in [3.05, 3.63) is 11.9 Å². The molecule has 0 radical (unpaired) electrons. The summed E-state index contributed by atoms with van der Waals surface area (Å²) >= 11 is 0. The Hall–Kier alpha value is -1.47. The number of rotatable bonds is 4. The third-order valence-corrected chi connectivity index (χ3v) is 3.45. The van der Waals surface area contributed by atoms with Gasteiger partial charge in [-0.25, -0.2) is 4.68 Å². The number of nitrogens with zero attached hydrogens (tertiary/aromatic N) is 4. The van der Waals surface area contributed by atoms with Gasteiger partial charge in [0.25, 0.3) is 0 Å². The van der Waals surface area contributed by atoms with E-state index in [4.69, 9.17) is 10.5 Å². The lowest BCUT2D eigenvalue weighted by atomic mass is 10.2. The molecule has 7 heteroatoms. The van der Waals surface area contributed by atoms with E-state index in [1.807, 2.05) is 25.7 Å². The van der Waals surface area contributed by atoms with Crippen LogP contribution in [0, 0.1) is 0 Å². The number of carbonyl (C=O) groups excluding carboxylic acids is 1. The molecule has 1 aromatic rings. The van der Waals surface area contributed by atoms with Gasteiger partial charge in [0.2, 0.25) is 5.91 Å². The van der Waals surface area contributed by atoms with Crippen LogP contribution in [0.2, 0.25) is 0 Å². The van der Waals surface area contributed by atoms with Gasteiger partial charge in [0.1, 0.15) is 6.54 Å². The molecule has 2 heterocycles. The average Bonchev–Trinajstić information content (AvgIpc) is 2.85. The van der Waals surface area contributed by atoms with Crippen LogP contribution < -0.4 is 5.73 Å². The molecule has 2 N–H and O–H groups in total. The number of nitrogens with two attached hydrogens (primary N) is 1. The zero-order valence-electron chi connectivity index (χ0n) is 12.3. The minimum absolute atomic E-state index is 0.0357. The molecule has 1 amide bonds. The van der Waals surface area contributed by atoms with Gasteiger partial charge in [0.05, 0.1) is 30.1 Å². The Kier molecular flexibility index (Phi) is 4.72. The highest BCUT2D eigenvalue weighted by atomic mass is 16.5. The van der Waals surface area contributed by atoms with Gasteiger partial charge in [-0.05, 0) is 20.3 Å². The summed E-state index contributed by atoms with van der Waals surface area (Å²) in [6.07, 6.45) is 2.69. The van der Waals surface area contributed by atoms with Crippen molar-refractivity contribution in [2.24, 2.45) is 5.73 Å². The first-order valence-corrected chi connectivity index (χ1v) is 7.08. The predicted molar refractivity (Wildman–Crippen MR) is 73.8 cm³/mol. The van der Waals surface area contributed by atoms with Gasteiger partial charge in [-0.15, -0.1) is 5.10 Å². The molecule has 1 aromatic heterocycles. The second-order valence-corrected chi connectivity index (χ2v) is 5.41. The summed E-state index contributed by atoms with van der Waals surface area (Å²) in [6, 6.07) is -0.123. The topological polar surface area (TPSA) is 86.3 Å². The molecule has 112 valence electrons. The van der Waals surface area contributed by atoms with Gasteiger partial charge in [-0.2, -0.15) is 0 Å². The largest absolute Gasteiger partial charge is 0.372 e. The number of hydrogen-bond acceptors (Lipinski definition) is 5. The van der Waals surface area contributed by atoms with Crippen LogP contribution in [0.4, 0.5) is 0 Å². The molecule has 0 aliphatic carbocycles. The Morgan fingerprint density at radius 3 is 2.75 bits per heavy atom. The average molecular weight is 281 g/mol. The molecule has 0 aromatic carbocycles. The van der Waals surface area contributed by atoms with Crippen LogP contribution in [0.5, 0.6) is 0 Å². The Labute approximate surface area is 119 Å². The molecule has 7 nitrogen and oxygen atoms in total. The monoisotopic (exact) mass is 281 g/mol. The summed E-state index contributed by atoms with van der Waals surface area (Å²) in [6.45, 7) is 7.39. The van der Waals surface area contributed by atoms with E-state index in [9.17, 15) is 4.79 Å². The Morgan fingerprint density at radius 1 is 1.50 bits per heavy atom. The fourth-order valence-electron chi connectivity index (χ4n) is 2.39. The third-order valence-electron chi connectivity index (χ3n) is 3.45. The Morgan fingerprint density at radius 2 is 2.15 bits per heavy atom. The summed E-state index contributed by atoms with van der Waals surface area (Å²) in [7, 11) is 0. The normalized spacial score (nSPS) is 24.7. The summed E-state index contributed by atoms with van der Waals surface area (Å²) in [5.41, 5.74) is 6.62. The van der Waals surface area contributed by atoms with Gasteiger partial charge < -0.3 is 15.4 Å². The first-order chi connectivity index (χ1) is 9.49. The number of amides is 1. The molecule has 1 aliphatic rings. The zero-order valence-corrected chi connectivity index (χ0v) is 12.3. The first-order valence-electron chi connectivity index (χ1n) is 7.08. The molecular formula is C13H23N5O2. The van der Waals surface area contributed by atoms with Crippen LogP contribution in [0.25, 0.3) is 0 Å². The number of morpholine rings is 1. The zero-order chi connectivity index (χ0) is 14.7. The van der Waals surface area contributed by atoms with Gasteiger partial charge in [0, 0.05) is 13.1 Å². The number of aromatic nitrogens is 3. The lowest BCUT2D eigenvalue weighted by Crippen LogP contribution is -2.49. The molecule has 0 bridgehead atoms. The standard InChI is InChI=1S/C13H23N5O2/c1-4-11(14)12-7-18(16-15-12)8-13(19)17-5-9(2)20-10(3)6-17/h7,9-11H,4-6,8,14H2,1-3H3. The first kappa shape index (κ1) is 14.9. The number of hydrogen-bond donors (Lipinski definition) is 1. The molecule has 3 atom stereocenters. The Balaban J connectivity index is 1.95. The molecule has 0 saturated carbocycles. The summed E-state index contributed by atoms with van der Waals surface area (Å²) in [5.74, 6) is 0.0357. The van der Waals surface area contributed by atoms with Crippen molar-refractivity contribution in [3.8, 4) is 0 Å². The van der Waals surface area contributed by atoms with Crippen molar-refractivity contribution in [1.82, 2.24) is 19.9 Å². The lowest BCUT2D eigenvalue weighted by Gasteiger charge is -2.35. The highest BCUT2D eigenvalue weighted by molar-refractivity contribution is 5.76. The van der Waals surface area contributed by atoms with E-state index in [1.165, 1.54) is 0 Å². The van der Waals surface area contributed by atoms with E-state index >= 15 is 0 Å².